The molecule has 0 aliphatic rings. The molecule has 0 fully saturated rings. The van der Waals surface area contributed by atoms with Crippen molar-refractivity contribution in [3.05, 3.63) is 54.6 Å². The summed E-state index contributed by atoms with van der Waals surface area (Å²) in [6, 6.07) is 17.5. The van der Waals surface area contributed by atoms with Crippen molar-refractivity contribution in [1.29, 1.82) is 0 Å². The highest BCUT2D eigenvalue weighted by Gasteiger charge is 2.22. The zero-order chi connectivity index (χ0) is 18.4. The number of carboxylic acids is 1. The minimum Gasteiger partial charge on any atom is -0.481 e. The van der Waals surface area contributed by atoms with Gasteiger partial charge in [-0.2, -0.15) is 0 Å². The van der Waals surface area contributed by atoms with E-state index >= 15 is 0 Å². The molecule has 0 spiro atoms. The number of aliphatic carboxylic acids is 1. The number of carboxylic acid groups (broad SMARTS) is 1. The number of ether oxygens (including phenoxy) is 1. The predicted molar refractivity (Wildman–Crippen MR) is 96.4 cm³/mol. The summed E-state index contributed by atoms with van der Waals surface area (Å²) in [7, 11) is 1.58. The van der Waals surface area contributed by atoms with Crippen LogP contribution in [0.2, 0.25) is 0 Å². The molecule has 0 heterocycles. The molecule has 0 aliphatic heterocycles. The Labute approximate surface area is 147 Å². The van der Waals surface area contributed by atoms with E-state index in [1.54, 1.807) is 20.9 Å². The van der Waals surface area contributed by atoms with Gasteiger partial charge in [-0.25, -0.2) is 0 Å². The minimum atomic E-state index is -0.926. The smallest absolute Gasteiger partial charge is 0.308 e. The van der Waals surface area contributed by atoms with E-state index < -0.39 is 18.0 Å². The van der Waals surface area contributed by atoms with Gasteiger partial charge in [-0.1, -0.05) is 49.4 Å². The number of hydrogen-bond acceptors (Lipinski definition) is 3. The maximum Gasteiger partial charge on any atom is 0.308 e. The summed E-state index contributed by atoms with van der Waals surface area (Å²) in [5.74, 6) is -1.20. The lowest BCUT2D eigenvalue weighted by Crippen LogP contribution is -2.41. The highest BCUT2D eigenvalue weighted by Crippen LogP contribution is 2.22. The van der Waals surface area contributed by atoms with Gasteiger partial charge in [0.1, 0.15) is 5.75 Å². The molecule has 2 aromatic rings. The molecule has 5 heteroatoms. The molecule has 0 radical (unpaired) electrons. The number of carbonyl (C=O) groups excluding carboxylic acids is 1. The third kappa shape index (κ3) is 5.08. The van der Waals surface area contributed by atoms with Crippen LogP contribution in [0.3, 0.4) is 0 Å². The molecule has 25 heavy (non-hydrogen) atoms. The van der Waals surface area contributed by atoms with Crippen molar-refractivity contribution in [3.63, 3.8) is 0 Å². The second-order valence-electron chi connectivity index (χ2n) is 6.11. The minimum absolute atomic E-state index is 0.148. The first kappa shape index (κ1) is 18.5. The fourth-order valence-corrected chi connectivity index (χ4v) is 2.50. The Hall–Kier alpha value is -2.82. The Morgan fingerprint density at radius 2 is 1.56 bits per heavy atom. The summed E-state index contributed by atoms with van der Waals surface area (Å²) >= 11 is 0. The molecule has 0 bridgehead atoms. The van der Waals surface area contributed by atoms with Crippen molar-refractivity contribution in [2.75, 3.05) is 13.6 Å². The maximum absolute atomic E-state index is 12.3. The normalized spacial score (nSPS) is 12.9. The topological polar surface area (TPSA) is 66.8 Å². The largest absolute Gasteiger partial charge is 0.481 e. The van der Waals surface area contributed by atoms with E-state index in [4.69, 9.17) is 9.84 Å². The third-order valence-corrected chi connectivity index (χ3v) is 3.97. The summed E-state index contributed by atoms with van der Waals surface area (Å²) in [6.07, 6.45) is -0.687. The Morgan fingerprint density at radius 1 is 1.00 bits per heavy atom. The number of benzene rings is 2. The molecule has 2 rings (SSSR count). The molecule has 0 saturated heterocycles. The van der Waals surface area contributed by atoms with Crippen LogP contribution >= 0.6 is 0 Å². The third-order valence-electron chi connectivity index (χ3n) is 3.97. The first-order chi connectivity index (χ1) is 11.9. The molecule has 1 amide bonds. The number of nitrogens with zero attached hydrogens (tertiary/aromatic N) is 1. The van der Waals surface area contributed by atoms with Crippen molar-refractivity contribution in [3.8, 4) is 16.9 Å². The fraction of sp³-hybridized carbons (Fsp3) is 0.300. The molecular weight excluding hydrogens is 318 g/mol. The summed E-state index contributed by atoms with van der Waals surface area (Å²) < 4.78 is 5.69. The lowest BCUT2D eigenvalue weighted by Gasteiger charge is -2.23. The van der Waals surface area contributed by atoms with Gasteiger partial charge < -0.3 is 14.7 Å². The van der Waals surface area contributed by atoms with Crippen LogP contribution in [0, 0.1) is 5.92 Å². The number of rotatable bonds is 7. The predicted octanol–water partition coefficient (Wildman–Crippen LogP) is 3.30. The zero-order valence-corrected chi connectivity index (χ0v) is 14.7. The van der Waals surface area contributed by atoms with Crippen LogP contribution in [0.1, 0.15) is 13.8 Å². The zero-order valence-electron chi connectivity index (χ0n) is 14.7. The van der Waals surface area contributed by atoms with Crippen molar-refractivity contribution >= 4 is 11.9 Å². The van der Waals surface area contributed by atoms with Crippen LogP contribution < -0.4 is 4.74 Å². The van der Waals surface area contributed by atoms with Gasteiger partial charge in [-0.05, 0) is 30.2 Å². The molecule has 0 saturated carbocycles. The van der Waals surface area contributed by atoms with Gasteiger partial charge in [-0.15, -0.1) is 0 Å². The van der Waals surface area contributed by atoms with E-state index in [9.17, 15) is 9.59 Å². The highest BCUT2D eigenvalue weighted by molar-refractivity contribution is 5.81. The second kappa shape index (κ2) is 8.33. The van der Waals surface area contributed by atoms with E-state index in [-0.39, 0.29) is 12.5 Å². The first-order valence-corrected chi connectivity index (χ1v) is 8.18. The van der Waals surface area contributed by atoms with Crippen molar-refractivity contribution < 1.29 is 19.4 Å². The fourth-order valence-electron chi connectivity index (χ4n) is 2.50. The number of hydrogen-bond donors (Lipinski definition) is 1. The summed E-state index contributed by atoms with van der Waals surface area (Å²) in [5.41, 5.74) is 2.18. The van der Waals surface area contributed by atoms with E-state index in [0.717, 1.165) is 11.1 Å². The number of likely N-dealkylation sites (N-methyl/N-ethyl adjacent to an activating group) is 1. The number of carbonyl (C=O) groups is 2. The van der Waals surface area contributed by atoms with E-state index in [0.29, 0.717) is 5.75 Å². The molecule has 1 N–H and O–H groups in total. The first-order valence-electron chi connectivity index (χ1n) is 8.18. The lowest BCUT2D eigenvalue weighted by molar-refractivity contribution is -0.144. The Morgan fingerprint density at radius 3 is 2.12 bits per heavy atom. The Kier molecular flexibility index (Phi) is 6.17. The highest BCUT2D eigenvalue weighted by atomic mass is 16.5. The average Bonchev–Trinajstić information content (AvgIpc) is 2.62. The van der Waals surface area contributed by atoms with E-state index in [1.165, 1.54) is 4.90 Å². The van der Waals surface area contributed by atoms with Gasteiger partial charge in [0.25, 0.3) is 5.91 Å². The molecule has 2 unspecified atom stereocenters. The molecule has 0 aromatic heterocycles. The Bertz CT molecular complexity index is 712. The quantitative estimate of drug-likeness (QED) is 0.839. The van der Waals surface area contributed by atoms with Crippen LogP contribution in [-0.4, -0.2) is 41.6 Å². The lowest BCUT2D eigenvalue weighted by atomic mass is 10.1. The van der Waals surface area contributed by atoms with Crippen LogP contribution in [-0.2, 0) is 9.59 Å². The standard InChI is InChI=1S/C20H23NO4/c1-14(20(23)24)13-21(3)19(22)15(2)25-18-11-9-17(10-12-18)16-7-5-4-6-8-16/h4-12,14-15H,13H2,1-3H3,(H,23,24). The van der Waals surface area contributed by atoms with Crippen molar-refractivity contribution in [1.82, 2.24) is 4.90 Å². The van der Waals surface area contributed by atoms with Crippen molar-refractivity contribution in [2.24, 2.45) is 5.92 Å². The summed E-state index contributed by atoms with van der Waals surface area (Å²) in [5, 5.41) is 8.94. The van der Waals surface area contributed by atoms with Crippen LogP contribution in [0.5, 0.6) is 5.75 Å². The van der Waals surface area contributed by atoms with Crippen molar-refractivity contribution in [2.45, 2.75) is 20.0 Å². The Balaban J connectivity index is 1.97. The molecule has 132 valence electrons. The van der Waals surface area contributed by atoms with Crippen LogP contribution in [0.4, 0.5) is 0 Å². The van der Waals surface area contributed by atoms with E-state index in [2.05, 4.69) is 0 Å². The summed E-state index contributed by atoms with van der Waals surface area (Å²) in [4.78, 5) is 24.6. The van der Waals surface area contributed by atoms with Gasteiger partial charge >= 0.3 is 5.97 Å². The molecular formula is C20H23NO4. The van der Waals surface area contributed by atoms with Crippen LogP contribution in [0.15, 0.2) is 54.6 Å². The van der Waals surface area contributed by atoms with Gasteiger partial charge in [0, 0.05) is 13.6 Å². The molecule has 2 aromatic carbocycles. The average molecular weight is 341 g/mol. The van der Waals surface area contributed by atoms with Gasteiger partial charge in [0.15, 0.2) is 6.10 Å². The van der Waals surface area contributed by atoms with Gasteiger partial charge in [-0.3, -0.25) is 9.59 Å². The van der Waals surface area contributed by atoms with Crippen LogP contribution in [0.25, 0.3) is 11.1 Å². The number of amides is 1. The second-order valence-corrected chi connectivity index (χ2v) is 6.11. The summed E-state index contributed by atoms with van der Waals surface area (Å²) in [6.45, 7) is 3.38. The SMILES string of the molecule is CC(CN(C)C(=O)C(C)Oc1ccc(-c2ccccc2)cc1)C(=O)O. The molecule has 0 aliphatic carbocycles. The molecule has 5 nitrogen and oxygen atoms in total. The van der Waals surface area contributed by atoms with E-state index in [1.807, 2.05) is 54.6 Å². The van der Waals surface area contributed by atoms with Gasteiger partial charge in [0.2, 0.25) is 0 Å². The van der Waals surface area contributed by atoms with Gasteiger partial charge in [0.05, 0.1) is 5.92 Å². The maximum atomic E-state index is 12.3. The molecule has 2 atom stereocenters. The monoisotopic (exact) mass is 341 g/mol.